The van der Waals surface area contributed by atoms with E-state index in [4.69, 9.17) is 4.74 Å². The molecule has 0 heterocycles. The van der Waals surface area contributed by atoms with E-state index >= 15 is 0 Å². The molecular weight excluding hydrogens is 319 g/mol. The lowest BCUT2D eigenvalue weighted by Gasteiger charge is -2.10. The number of ether oxygens (including phenoxy) is 1. The van der Waals surface area contributed by atoms with E-state index in [-0.39, 0.29) is 5.56 Å². The predicted molar refractivity (Wildman–Crippen MR) is 98.4 cm³/mol. The number of amides is 1. The van der Waals surface area contributed by atoms with Crippen LogP contribution in [0.5, 0.6) is 0 Å². The minimum Gasteiger partial charge on any atom is -0.383 e. The second-order valence-corrected chi connectivity index (χ2v) is 5.99. The van der Waals surface area contributed by atoms with Gasteiger partial charge in [0.25, 0.3) is 5.91 Å². The van der Waals surface area contributed by atoms with Crippen LogP contribution in [0, 0.1) is 19.7 Å². The van der Waals surface area contributed by atoms with Crippen molar-refractivity contribution in [1.82, 2.24) is 10.6 Å². The van der Waals surface area contributed by atoms with Crippen LogP contribution in [0.1, 0.15) is 21.5 Å². The third kappa shape index (κ3) is 5.37. The van der Waals surface area contributed by atoms with E-state index < -0.39 is 11.7 Å². The lowest BCUT2D eigenvalue weighted by molar-refractivity contribution is 0.0949. The summed E-state index contributed by atoms with van der Waals surface area (Å²) in [5, 5.41) is 5.82. The molecule has 2 aromatic carbocycles. The number of nitrogens with one attached hydrogen (secondary N) is 2. The average molecular weight is 344 g/mol. The lowest BCUT2D eigenvalue weighted by atomic mass is 9.99. The molecular formula is C20H25FN2O2. The van der Waals surface area contributed by atoms with E-state index in [1.54, 1.807) is 13.2 Å². The maximum absolute atomic E-state index is 14.3. The fourth-order valence-electron chi connectivity index (χ4n) is 2.46. The molecule has 1 amide bonds. The van der Waals surface area contributed by atoms with E-state index in [1.165, 1.54) is 17.7 Å². The molecule has 4 nitrogen and oxygen atoms in total. The van der Waals surface area contributed by atoms with E-state index in [2.05, 4.69) is 10.6 Å². The van der Waals surface area contributed by atoms with Crippen molar-refractivity contribution in [3.05, 3.63) is 58.9 Å². The van der Waals surface area contributed by atoms with Crippen LogP contribution in [0.4, 0.5) is 4.39 Å². The summed E-state index contributed by atoms with van der Waals surface area (Å²) in [5.74, 6) is -0.918. The van der Waals surface area contributed by atoms with Gasteiger partial charge in [0.2, 0.25) is 0 Å². The molecule has 0 fully saturated rings. The number of benzene rings is 2. The molecule has 0 atom stereocenters. The normalized spacial score (nSPS) is 10.7. The number of methoxy groups -OCH3 is 1. The quantitative estimate of drug-likeness (QED) is 0.724. The Morgan fingerprint density at radius 3 is 2.40 bits per heavy atom. The molecule has 2 aromatic rings. The summed E-state index contributed by atoms with van der Waals surface area (Å²) in [4.78, 5) is 12.1. The highest BCUT2D eigenvalue weighted by Gasteiger charge is 2.12. The monoisotopic (exact) mass is 344 g/mol. The van der Waals surface area contributed by atoms with Gasteiger partial charge in [0, 0.05) is 26.7 Å². The first-order valence-corrected chi connectivity index (χ1v) is 8.38. The van der Waals surface area contributed by atoms with Crippen molar-refractivity contribution in [2.24, 2.45) is 0 Å². The molecule has 5 heteroatoms. The first-order valence-electron chi connectivity index (χ1n) is 8.38. The van der Waals surface area contributed by atoms with Crippen molar-refractivity contribution in [1.29, 1.82) is 0 Å². The molecule has 0 aliphatic rings. The number of carbonyl (C=O) groups is 1. The van der Waals surface area contributed by atoms with Gasteiger partial charge in [-0.2, -0.15) is 0 Å². The molecule has 25 heavy (non-hydrogen) atoms. The molecule has 0 aliphatic heterocycles. The Hall–Kier alpha value is -2.24. The summed E-state index contributed by atoms with van der Waals surface area (Å²) in [7, 11) is 1.63. The van der Waals surface area contributed by atoms with Crippen molar-refractivity contribution < 1.29 is 13.9 Å². The van der Waals surface area contributed by atoms with Crippen LogP contribution in [0.15, 0.2) is 36.4 Å². The standard InChI is InChI=1S/C20H25FN2O2/c1-14-4-5-16(12-15(14)2)17-6-7-18(19(21)13-17)20(24)23-9-8-22-10-11-25-3/h4-7,12-13,22H,8-11H2,1-3H3,(H,23,24). The summed E-state index contributed by atoms with van der Waals surface area (Å²) in [6.07, 6.45) is 0. The molecule has 0 aromatic heterocycles. The molecule has 134 valence electrons. The highest BCUT2D eigenvalue weighted by molar-refractivity contribution is 5.95. The smallest absolute Gasteiger partial charge is 0.254 e. The molecule has 0 unspecified atom stereocenters. The molecule has 2 N–H and O–H groups in total. The second-order valence-electron chi connectivity index (χ2n) is 5.99. The Labute approximate surface area is 148 Å². The van der Waals surface area contributed by atoms with Crippen molar-refractivity contribution >= 4 is 5.91 Å². The fraction of sp³-hybridized carbons (Fsp3) is 0.350. The van der Waals surface area contributed by atoms with Crippen molar-refractivity contribution in [3.8, 4) is 11.1 Å². The van der Waals surface area contributed by atoms with Gasteiger partial charge in [-0.3, -0.25) is 4.79 Å². The van der Waals surface area contributed by atoms with E-state index in [0.29, 0.717) is 26.2 Å². The first kappa shape index (κ1) is 19.1. The fourth-order valence-corrected chi connectivity index (χ4v) is 2.46. The van der Waals surface area contributed by atoms with Crippen LogP contribution in [-0.2, 0) is 4.74 Å². The minimum absolute atomic E-state index is 0.0597. The zero-order chi connectivity index (χ0) is 18.2. The summed E-state index contributed by atoms with van der Waals surface area (Å²) < 4.78 is 19.3. The second kappa shape index (κ2) is 9.30. The van der Waals surface area contributed by atoms with Gasteiger partial charge in [-0.25, -0.2) is 4.39 Å². The zero-order valence-electron chi connectivity index (χ0n) is 15.0. The molecule has 0 radical (unpaired) electrons. The van der Waals surface area contributed by atoms with Gasteiger partial charge in [0.1, 0.15) is 5.82 Å². The third-order valence-corrected chi connectivity index (χ3v) is 4.12. The van der Waals surface area contributed by atoms with Gasteiger partial charge < -0.3 is 15.4 Å². The van der Waals surface area contributed by atoms with E-state index in [1.807, 2.05) is 32.0 Å². The Kier molecular flexibility index (Phi) is 7.10. The van der Waals surface area contributed by atoms with Crippen LogP contribution in [0.2, 0.25) is 0 Å². The first-order chi connectivity index (χ1) is 12.0. The van der Waals surface area contributed by atoms with Crippen molar-refractivity contribution in [2.75, 3.05) is 33.4 Å². The largest absolute Gasteiger partial charge is 0.383 e. The Morgan fingerprint density at radius 1 is 1.00 bits per heavy atom. The van der Waals surface area contributed by atoms with Crippen molar-refractivity contribution in [3.63, 3.8) is 0 Å². The Bertz CT molecular complexity index is 732. The summed E-state index contributed by atoms with van der Waals surface area (Å²) in [5.41, 5.74) is 4.11. The van der Waals surface area contributed by atoms with Gasteiger partial charge in [-0.05, 0) is 48.2 Å². The average Bonchev–Trinajstić information content (AvgIpc) is 2.60. The predicted octanol–water partition coefficient (Wildman–Crippen LogP) is 3.08. The SMILES string of the molecule is COCCNCCNC(=O)c1ccc(-c2ccc(C)c(C)c2)cc1F. The molecule has 0 aliphatic carbocycles. The summed E-state index contributed by atoms with van der Waals surface area (Å²) in [6.45, 7) is 6.43. The number of carbonyl (C=O) groups excluding carboxylic acids is 1. The van der Waals surface area contributed by atoms with Gasteiger partial charge in [0.05, 0.1) is 12.2 Å². The van der Waals surface area contributed by atoms with E-state index in [0.717, 1.165) is 16.7 Å². The van der Waals surface area contributed by atoms with Gasteiger partial charge >= 0.3 is 0 Å². The topological polar surface area (TPSA) is 50.4 Å². The number of hydrogen-bond donors (Lipinski definition) is 2. The lowest BCUT2D eigenvalue weighted by Crippen LogP contribution is -2.33. The number of aryl methyl sites for hydroxylation is 2. The maximum atomic E-state index is 14.3. The number of halogens is 1. The summed E-state index contributed by atoms with van der Waals surface area (Å²) >= 11 is 0. The summed E-state index contributed by atoms with van der Waals surface area (Å²) in [6, 6.07) is 10.7. The van der Waals surface area contributed by atoms with Gasteiger partial charge in [-0.1, -0.05) is 24.3 Å². The van der Waals surface area contributed by atoms with Crippen LogP contribution < -0.4 is 10.6 Å². The van der Waals surface area contributed by atoms with Crippen LogP contribution in [0.3, 0.4) is 0 Å². The Balaban J connectivity index is 1.98. The minimum atomic E-state index is -0.513. The molecule has 0 spiro atoms. The molecule has 0 bridgehead atoms. The third-order valence-electron chi connectivity index (χ3n) is 4.12. The van der Waals surface area contributed by atoms with Crippen molar-refractivity contribution in [2.45, 2.75) is 13.8 Å². The molecule has 2 rings (SSSR count). The highest BCUT2D eigenvalue weighted by Crippen LogP contribution is 2.24. The zero-order valence-corrected chi connectivity index (χ0v) is 15.0. The van der Waals surface area contributed by atoms with Crippen LogP contribution in [-0.4, -0.2) is 39.3 Å². The highest BCUT2D eigenvalue weighted by atomic mass is 19.1. The van der Waals surface area contributed by atoms with E-state index in [9.17, 15) is 9.18 Å². The maximum Gasteiger partial charge on any atom is 0.254 e. The van der Waals surface area contributed by atoms with Gasteiger partial charge in [-0.15, -0.1) is 0 Å². The number of rotatable bonds is 8. The van der Waals surface area contributed by atoms with Crippen LogP contribution in [0.25, 0.3) is 11.1 Å². The number of hydrogen-bond acceptors (Lipinski definition) is 3. The molecule has 0 saturated carbocycles. The molecule has 0 saturated heterocycles. The Morgan fingerprint density at radius 2 is 1.72 bits per heavy atom. The van der Waals surface area contributed by atoms with Crippen LogP contribution >= 0.6 is 0 Å². The van der Waals surface area contributed by atoms with Gasteiger partial charge in [0.15, 0.2) is 0 Å².